The van der Waals surface area contributed by atoms with Crippen LogP contribution in [-0.4, -0.2) is 3.36 Å². The van der Waals surface area contributed by atoms with Crippen LogP contribution in [-0.2, 0) is 0 Å². The molecule has 0 aromatic heterocycles. The van der Waals surface area contributed by atoms with E-state index in [0.717, 1.165) is 3.92 Å². The molecule has 0 aliphatic carbocycles. The maximum absolute atomic E-state index is 2.43. The van der Waals surface area contributed by atoms with Crippen LogP contribution in [0.25, 0.3) is 0 Å². The van der Waals surface area contributed by atoms with Crippen LogP contribution in [0.15, 0.2) is 0 Å². The molecule has 0 heterocycles. The van der Waals surface area contributed by atoms with Gasteiger partial charge in [-0.05, 0) is 0 Å². The Morgan fingerprint density at radius 3 is 1.43 bits per heavy atom. The number of halogens is 4. The molecule has 0 aliphatic rings. The van der Waals surface area contributed by atoms with Gasteiger partial charge in [0, 0.05) is 3.92 Å². The number of alkyl halides is 4. The first-order valence-electron chi connectivity index (χ1n) is 1.65. The lowest BCUT2D eigenvalue weighted by atomic mass is 10.6. The summed E-state index contributed by atoms with van der Waals surface area (Å²) in [6.45, 7) is 2.21. The highest BCUT2D eigenvalue weighted by Crippen LogP contribution is 2.42. The minimum Gasteiger partial charge on any atom is -0.0797 e. The minimum atomic E-state index is 0.397. The largest absolute Gasteiger partial charge is 0.135 e. The lowest BCUT2D eigenvalue weighted by molar-refractivity contribution is 1.16. The van der Waals surface area contributed by atoms with Gasteiger partial charge >= 0.3 is 0 Å². The molecule has 4 heteroatoms. The van der Waals surface area contributed by atoms with Gasteiger partial charge in [0.1, 0.15) is -0.565 Å². The first-order chi connectivity index (χ1) is 2.94. The van der Waals surface area contributed by atoms with Crippen molar-refractivity contribution in [2.75, 3.05) is 0 Å². The Kier molecular flexibility index (Phi) is 5.58. The molecule has 1 atom stereocenters. The first kappa shape index (κ1) is 9.92. The minimum absolute atomic E-state index is 0.397. The molecule has 0 fully saturated rings. The van der Waals surface area contributed by atoms with Gasteiger partial charge in [-0.25, -0.2) is 0 Å². The van der Waals surface area contributed by atoms with E-state index >= 15 is 0 Å². The third kappa shape index (κ3) is 5.37. The fraction of sp³-hybridized carbons (Fsp3) is 1.00. The molecule has 0 aliphatic heterocycles. The van der Waals surface area contributed by atoms with Crippen LogP contribution >= 0.6 is 90.4 Å². The van der Waals surface area contributed by atoms with E-state index in [-0.39, 0.29) is 0 Å². The summed E-state index contributed by atoms with van der Waals surface area (Å²) in [5.74, 6) is 0. The van der Waals surface area contributed by atoms with Crippen molar-refractivity contribution < 1.29 is 0 Å². The van der Waals surface area contributed by atoms with Crippen molar-refractivity contribution in [2.45, 2.75) is 10.3 Å². The van der Waals surface area contributed by atoms with Crippen molar-refractivity contribution in [1.29, 1.82) is 0 Å². The maximum atomic E-state index is 2.43. The summed E-state index contributed by atoms with van der Waals surface area (Å²) in [5, 5.41) is 0. The molecule has 1 unspecified atom stereocenters. The lowest BCUT2D eigenvalue weighted by Gasteiger charge is -2.13. The van der Waals surface area contributed by atoms with E-state index in [1.54, 1.807) is 0 Å². The van der Waals surface area contributed by atoms with Gasteiger partial charge in [0.2, 0.25) is 0 Å². The Balaban J connectivity index is 3.54. The highest BCUT2D eigenvalue weighted by atomic mass is 127. The van der Waals surface area contributed by atoms with Gasteiger partial charge in [0.25, 0.3) is 0 Å². The molecule has 0 amide bonds. The first-order valence-corrected chi connectivity index (χ1v) is 6.13. The van der Waals surface area contributed by atoms with Crippen LogP contribution in [0.5, 0.6) is 0 Å². The molecule has 0 aromatic carbocycles. The van der Waals surface area contributed by atoms with Crippen molar-refractivity contribution in [3.63, 3.8) is 0 Å². The van der Waals surface area contributed by atoms with Gasteiger partial charge in [0.05, 0.1) is 0 Å². The zero-order valence-corrected chi connectivity index (χ0v) is 12.2. The van der Waals surface area contributed by atoms with Crippen LogP contribution < -0.4 is 0 Å². The molecule has 0 nitrogen and oxygen atoms in total. The van der Waals surface area contributed by atoms with Crippen molar-refractivity contribution in [3.8, 4) is 0 Å². The summed E-state index contributed by atoms with van der Waals surface area (Å²) in [6.07, 6.45) is 0. The standard InChI is InChI=1S/C3H4I4/c1-2(4)3(5,6)7/h2H,1H3. The van der Waals surface area contributed by atoms with Crippen molar-refractivity contribution in [3.05, 3.63) is 0 Å². The molecule has 0 saturated heterocycles. The van der Waals surface area contributed by atoms with Gasteiger partial charge in [0.15, 0.2) is 0 Å². The summed E-state index contributed by atoms with van der Waals surface area (Å²) < 4.78 is 1.13. The molecule has 44 valence electrons. The molecule has 7 heavy (non-hydrogen) atoms. The van der Waals surface area contributed by atoms with E-state index < -0.39 is 0 Å². The molecule has 0 saturated carbocycles. The van der Waals surface area contributed by atoms with Crippen LogP contribution in [0.2, 0.25) is 0 Å². The van der Waals surface area contributed by atoms with Gasteiger partial charge in [-0.2, -0.15) is 0 Å². The molecule has 0 bridgehead atoms. The molecular formula is C3H4I4. The fourth-order valence-electron chi connectivity index (χ4n) is 0. The number of rotatable bonds is 1. The van der Waals surface area contributed by atoms with Gasteiger partial charge in [-0.1, -0.05) is 97.3 Å². The molecular weight excluding hydrogens is 544 g/mol. The van der Waals surface area contributed by atoms with Crippen LogP contribution in [0.1, 0.15) is 6.92 Å². The van der Waals surface area contributed by atoms with Crippen LogP contribution in [0.3, 0.4) is 0 Å². The molecule has 0 radical (unpaired) electrons. The second kappa shape index (κ2) is 3.94. The topological polar surface area (TPSA) is 0 Å². The summed E-state index contributed by atoms with van der Waals surface area (Å²) in [7, 11) is 0. The third-order valence-electron chi connectivity index (χ3n) is 0.451. The SMILES string of the molecule is CC(I)C(I)(I)I. The summed E-state index contributed by atoms with van der Waals surface area (Å²) >= 11 is 9.72. The molecule has 0 aromatic rings. The van der Waals surface area contributed by atoms with Gasteiger partial charge in [-0.3, -0.25) is 0 Å². The second-order valence-corrected chi connectivity index (χ2v) is 14.3. The molecule has 0 rings (SSSR count). The van der Waals surface area contributed by atoms with E-state index in [1.807, 2.05) is 0 Å². The molecule has 0 spiro atoms. The highest BCUT2D eigenvalue weighted by Gasteiger charge is 2.22. The Labute approximate surface area is 98.5 Å². The van der Waals surface area contributed by atoms with Gasteiger partial charge in [-0.15, -0.1) is 0 Å². The zero-order valence-electron chi connectivity index (χ0n) is 3.59. The predicted octanol–water partition coefficient (Wildman–Crippen LogP) is 3.77. The van der Waals surface area contributed by atoms with E-state index in [1.165, 1.54) is 0 Å². The lowest BCUT2D eigenvalue weighted by Crippen LogP contribution is -2.10. The molecule has 0 N–H and O–H groups in total. The smallest absolute Gasteiger partial charge is 0.0797 e. The monoisotopic (exact) mass is 548 g/mol. The van der Waals surface area contributed by atoms with Crippen molar-refractivity contribution >= 4 is 90.4 Å². The average Bonchev–Trinajstić information content (AvgIpc) is 1.31. The zero-order chi connectivity index (χ0) is 6.08. The van der Waals surface area contributed by atoms with E-state index in [9.17, 15) is 0 Å². The van der Waals surface area contributed by atoms with Crippen LogP contribution in [0.4, 0.5) is 0 Å². The summed E-state index contributed by atoms with van der Waals surface area (Å²) in [4.78, 5) is 0. The normalized spacial score (nSPS) is 16.7. The number of hydrogen-bond acceptors (Lipinski definition) is 0. The fourth-order valence-corrected chi connectivity index (χ4v) is 0. The third-order valence-corrected chi connectivity index (χ3v) is 7.76. The van der Waals surface area contributed by atoms with E-state index in [0.29, 0.717) is -0.565 Å². The predicted molar refractivity (Wildman–Crippen MR) is 68.3 cm³/mol. The maximum Gasteiger partial charge on any atom is 0.135 e. The van der Waals surface area contributed by atoms with Crippen LogP contribution in [0, 0.1) is 0 Å². The Hall–Kier alpha value is 2.92. The Bertz CT molecular complexity index is 52.4. The summed E-state index contributed by atoms with van der Waals surface area (Å²) in [5.41, 5.74) is 0. The van der Waals surface area contributed by atoms with Crippen molar-refractivity contribution in [1.82, 2.24) is 0 Å². The Morgan fingerprint density at radius 1 is 1.29 bits per heavy atom. The second-order valence-electron chi connectivity index (χ2n) is 1.16. The quantitative estimate of drug-likeness (QED) is 0.347. The summed E-state index contributed by atoms with van der Waals surface area (Å²) in [6, 6.07) is 0. The average molecular weight is 548 g/mol. The van der Waals surface area contributed by atoms with E-state index in [4.69, 9.17) is 0 Å². The highest BCUT2D eigenvalue weighted by molar-refractivity contribution is 14.3. The van der Waals surface area contributed by atoms with Gasteiger partial charge < -0.3 is 0 Å². The Morgan fingerprint density at radius 2 is 1.43 bits per heavy atom. The number of hydrogen-bond donors (Lipinski definition) is 0. The van der Waals surface area contributed by atoms with Crippen molar-refractivity contribution in [2.24, 2.45) is 0 Å². The van der Waals surface area contributed by atoms with E-state index in [2.05, 4.69) is 97.3 Å².